The fourth-order valence-electron chi connectivity index (χ4n) is 2.87. The van der Waals surface area contributed by atoms with Crippen LogP contribution in [0.1, 0.15) is 19.8 Å². The molecule has 9 nitrogen and oxygen atoms in total. The lowest BCUT2D eigenvalue weighted by Crippen LogP contribution is -2.45. The van der Waals surface area contributed by atoms with Gasteiger partial charge in [-0.25, -0.2) is 4.98 Å². The topological polar surface area (TPSA) is 155 Å². The van der Waals surface area contributed by atoms with Crippen LogP contribution >= 0.6 is 0 Å². The fourth-order valence-corrected chi connectivity index (χ4v) is 4.24. The maximum atomic E-state index is 12.6. The Bertz CT molecular complexity index is 670. The van der Waals surface area contributed by atoms with Crippen molar-refractivity contribution in [3.05, 3.63) is 18.3 Å². The minimum Gasteiger partial charge on any atom is -0.427 e. The molecular weight excluding hydrogens is 333 g/mol. The number of anilines is 2. The van der Waals surface area contributed by atoms with Crippen molar-refractivity contribution in [3.8, 4) is 0 Å². The van der Waals surface area contributed by atoms with Crippen LogP contribution in [-0.2, 0) is 10.2 Å². The van der Waals surface area contributed by atoms with Crippen LogP contribution in [0.25, 0.3) is 0 Å². The highest BCUT2D eigenvalue weighted by atomic mass is 32.2. The van der Waals surface area contributed by atoms with Crippen molar-refractivity contribution < 1.29 is 18.5 Å². The molecule has 2 heterocycles. The molecule has 1 saturated heterocycles. The predicted molar refractivity (Wildman–Crippen MR) is 93.1 cm³/mol. The molecule has 1 fully saturated rings. The van der Waals surface area contributed by atoms with Gasteiger partial charge in [0.15, 0.2) is 5.82 Å². The highest BCUT2D eigenvalue weighted by Crippen LogP contribution is 2.32. The summed E-state index contributed by atoms with van der Waals surface area (Å²) in [7, 11) is -5.18. The summed E-state index contributed by atoms with van der Waals surface area (Å²) in [4.78, 5) is 3.93. The summed E-state index contributed by atoms with van der Waals surface area (Å²) in [6, 6.07) is 3.18. The van der Waals surface area contributed by atoms with Gasteiger partial charge in [-0.05, 0) is 37.7 Å². The van der Waals surface area contributed by atoms with Gasteiger partial charge in [-0.15, -0.1) is 0 Å². The molecule has 1 aliphatic heterocycles. The Labute approximate surface area is 142 Å². The molecule has 2 rings (SSSR count). The minimum atomic E-state index is -3.82. The lowest BCUT2D eigenvalue weighted by atomic mass is 9.79. The number of pyridine rings is 1. The van der Waals surface area contributed by atoms with Crippen molar-refractivity contribution >= 4 is 28.8 Å². The first-order valence-electron chi connectivity index (χ1n) is 7.75. The third kappa shape index (κ3) is 4.58. The average molecular weight is 357 g/mol. The van der Waals surface area contributed by atoms with Gasteiger partial charge in [0, 0.05) is 24.8 Å². The van der Waals surface area contributed by atoms with E-state index in [1.165, 1.54) is 10.5 Å². The summed E-state index contributed by atoms with van der Waals surface area (Å²) in [5.41, 5.74) is 11.5. The zero-order chi connectivity index (χ0) is 18.0. The number of nitrogens with zero attached hydrogens (tertiary/aromatic N) is 2. The van der Waals surface area contributed by atoms with E-state index in [-0.39, 0.29) is 36.8 Å². The highest BCUT2D eigenvalue weighted by Gasteiger charge is 2.44. The highest BCUT2D eigenvalue weighted by molar-refractivity contribution is 7.90. The molecule has 0 unspecified atom stereocenters. The monoisotopic (exact) mass is 357 g/mol. The average Bonchev–Trinajstić information content (AvgIpc) is 2.77. The van der Waals surface area contributed by atoms with Gasteiger partial charge in [0.25, 0.3) is 0 Å². The van der Waals surface area contributed by atoms with E-state index in [0.717, 1.165) is 0 Å². The lowest BCUT2D eigenvalue weighted by Gasteiger charge is -2.25. The van der Waals surface area contributed by atoms with Crippen molar-refractivity contribution in [1.29, 1.82) is 0 Å². The summed E-state index contributed by atoms with van der Waals surface area (Å²) in [5, 5.41) is 17.8. The molecule has 1 aromatic rings. The maximum absolute atomic E-state index is 12.6. The summed E-state index contributed by atoms with van der Waals surface area (Å²) in [6.07, 6.45) is 2.86. The van der Waals surface area contributed by atoms with E-state index >= 15 is 0 Å². The van der Waals surface area contributed by atoms with E-state index in [0.29, 0.717) is 12.8 Å². The second-order valence-corrected chi connectivity index (χ2v) is 8.13. The van der Waals surface area contributed by atoms with Crippen LogP contribution in [-0.4, -0.2) is 53.5 Å². The fraction of sp³-hybridized carbons (Fsp3) is 0.615. The molecule has 2 atom stereocenters. The van der Waals surface area contributed by atoms with Crippen molar-refractivity contribution in [3.63, 3.8) is 0 Å². The van der Waals surface area contributed by atoms with Crippen LogP contribution in [0.4, 0.5) is 11.5 Å². The van der Waals surface area contributed by atoms with Gasteiger partial charge in [0.05, 0.1) is 5.69 Å². The Balaban J connectivity index is 2.05. The van der Waals surface area contributed by atoms with Crippen molar-refractivity contribution in [1.82, 2.24) is 9.29 Å². The zero-order valence-corrected chi connectivity index (χ0v) is 14.4. The van der Waals surface area contributed by atoms with Crippen LogP contribution in [0.5, 0.6) is 0 Å². The second kappa shape index (κ2) is 7.24. The molecule has 0 saturated carbocycles. The van der Waals surface area contributed by atoms with Crippen molar-refractivity contribution in [2.24, 2.45) is 11.7 Å². The maximum Gasteiger partial charge on any atom is 0.451 e. The molecule has 0 radical (unpaired) electrons. The van der Waals surface area contributed by atoms with Crippen LogP contribution in [0, 0.1) is 5.92 Å². The Kier molecular flexibility index (Phi) is 5.71. The van der Waals surface area contributed by atoms with E-state index in [4.69, 9.17) is 21.5 Å². The van der Waals surface area contributed by atoms with E-state index < -0.39 is 22.9 Å². The Morgan fingerprint density at radius 1 is 1.54 bits per heavy atom. The van der Waals surface area contributed by atoms with Gasteiger partial charge >= 0.3 is 17.3 Å². The van der Waals surface area contributed by atoms with Crippen LogP contribution in [0.2, 0.25) is 6.32 Å². The molecule has 11 heteroatoms. The lowest BCUT2D eigenvalue weighted by molar-refractivity contribution is 0.343. The molecule has 134 valence electrons. The number of nitrogens with one attached hydrogen (secondary N) is 1. The summed E-state index contributed by atoms with van der Waals surface area (Å²) >= 11 is 0. The zero-order valence-electron chi connectivity index (χ0n) is 13.6. The Hall–Kier alpha value is -1.40. The van der Waals surface area contributed by atoms with E-state index in [9.17, 15) is 8.42 Å². The Morgan fingerprint density at radius 2 is 2.25 bits per heavy atom. The van der Waals surface area contributed by atoms with Gasteiger partial charge in [-0.2, -0.15) is 12.7 Å². The molecular formula is C13H24BN5O4S. The smallest absolute Gasteiger partial charge is 0.427 e. The summed E-state index contributed by atoms with van der Waals surface area (Å²) in [6.45, 7) is 2.23. The SMILES string of the molecule is C[C@]1(N)CN(S(=O)(=O)Nc2ncccc2N)C[C@@H]1CCCB(O)O. The number of hydrogen-bond donors (Lipinski definition) is 5. The molecule has 1 aliphatic rings. The Morgan fingerprint density at radius 3 is 2.88 bits per heavy atom. The first-order chi connectivity index (χ1) is 11.1. The van der Waals surface area contributed by atoms with Gasteiger partial charge in [-0.3, -0.25) is 4.72 Å². The number of nitrogens with two attached hydrogens (primary N) is 2. The van der Waals surface area contributed by atoms with Gasteiger partial charge in [0.2, 0.25) is 0 Å². The number of nitrogen functional groups attached to an aromatic ring is 1. The quantitative estimate of drug-likeness (QED) is 0.401. The summed E-state index contributed by atoms with van der Waals surface area (Å²) in [5.74, 6) is 0.0111. The van der Waals surface area contributed by atoms with Crippen molar-refractivity contribution in [2.45, 2.75) is 31.6 Å². The molecule has 0 spiro atoms. The molecule has 0 aromatic carbocycles. The van der Waals surface area contributed by atoms with E-state index in [2.05, 4.69) is 9.71 Å². The third-order valence-corrected chi connectivity index (χ3v) is 5.70. The van der Waals surface area contributed by atoms with Crippen LogP contribution in [0.15, 0.2) is 18.3 Å². The first kappa shape index (κ1) is 18.9. The molecule has 7 N–H and O–H groups in total. The van der Waals surface area contributed by atoms with E-state index in [1.54, 1.807) is 19.1 Å². The molecule has 24 heavy (non-hydrogen) atoms. The molecule has 1 aromatic heterocycles. The minimum absolute atomic E-state index is 0.0751. The molecule has 0 aliphatic carbocycles. The van der Waals surface area contributed by atoms with E-state index in [1.807, 2.05) is 0 Å². The third-order valence-electron chi connectivity index (χ3n) is 4.29. The number of hydrogen-bond acceptors (Lipinski definition) is 7. The van der Waals surface area contributed by atoms with Gasteiger partial charge in [-0.1, -0.05) is 6.42 Å². The predicted octanol–water partition coefficient (Wildman–Crippen LogP) is -0.777. The number of rotatable bonds is 7. The number of aromatic nitrogens is 1. The van der Waals surface area contributed by atoms with Crippen molar-refractivity contribution in [2.75, 3.05) is 23.5 Å². The van der Waals surface area contributed by atoms with Crippen LogP contribution in [0.3, 0.4) is 0 Å². The normalized spacial score (nSPS) is 24.9. The summed E-state index contributed by atoms with van der Waals surface area (Å²) < 4.78 is 28.8. The molecule has 0 amide bonds. The molecule has 0 bridgehead atoms. The van der Waals surface area contributed by atoms with Crippen LogP contribution < -0.4 is 16.2 Å². The second-order valence-electron chi connectivity index (χ2n) is 6.46. The standard InChI is InChI=1S/C13H24BN5O4S/c1-13(16)9-19(8-10(13)4-2-6-14(20)21)24(22,23)18-12-11(15)5-3-7-17-12/h3,5,7,10,20-21H,2,4,6,8-9,15-16H2,1H3,(H,17,18)/t10-,13-/m0/s1. The van der Waals surface area contributed by atoms with Gasteiger partial charge < -0.3 is 21.5 Å². The first-order valence-corrected chi connectivity index (χ1v) is 9.19. The van der Waals surface area contributed by atoms with Gasteiger partial charge in [0.1, 0.15) is 0 Å². The largest absolute Gasteiger partial charge is 0.451 e.